The zero-order valence-corrected chi connectivity index (χ0v) is 19.5. The second-order valence-corrected chi connectivity index (χ2v) is 10.3. The third kappa shape index (κ3) is 4.09. The van der Waals surface area contributed by atoms with E-state index in [9.17, 15) is 10.2 Å². The number of thiophene rings is 1. The molecule has 0 spiro atoms. The highest BCUT2D eigenvalue weighted by atomic mass is 32.1. The molecule has 1 aliphatic carbocycles. The van der Waals surface area contributed by atoms with Gasteiger partial charge in [0.1, 0.15) is 16.9 Å². The van der Waals surface area contributed by atoms with Gasteiger partial charge in [-0.3, -0.25) is 0 Å². The highest BCUT2D eigenvalue weighted by Crippen LogP contribution is 2.38. The van der Waals surface area contributed by atoms with E-state index in [1.807, 2.05) is 43.5 Å². The number of aromatic nitrogens is 3. The summed E-state index contributed by atoms with van der Waals surface area (Å²) >= 11 is 3.27. The minimum atomic E-state index is -0.856. The van der Waals surface area contributed by atoms with Gasteiger partial charge in [0, 0.05) is 4.88 Å². The van der Waals surface area contributed by atoms with Crippen LogP contribution in [0, 0.1) is 12.8 Å². The zero-order valence-electron chi connectivity index (χ0n) is 17.8. The lowest BCUT2D eigenvalue weighted by molar-refractivity contribution is 0.0210. The second kappa shape index (κ2) is 8.74. The largest absolute Gasteiger partial charge is 0.390 e. The van der Waals surface area contributed by atoms with Crippen LogP contribution in [0.3, 0.4) is 0 Å². The van der Waals surface area contributed by atoms with E-state index in [-0.39, 0.29) is 12.0 Å². The predicted octanol–water partition coefficient (Wildman–Crippen LogP) is 4.28. The van der Waals surface area contributed by atoms with Gasteiger partial charge < -0.3 is 20.8 Å². The molecule has 166 valence electrons. The molecule has 9 heteroatoms. The summed E-state index contributed by atoms with van der Waals surface area (Å²) in [5, 5.41) is 30.4. The molecule has 4 N–H and O–H groups in total. The Balaban J connectivity index is 1.53. The van der Waals surface area contributed by atoms with Crippen LogP contribution in [0.2, 0.25) is 0 Å². The summed E-state index contributed by atoms with van der Waals surface area (Å²) in [5.74, 6) is 1.15. The number of fused-ring (bicyclic) bond motifs is 1. The molecule has 0 bridgehead atoms. The minimum absolute atomic E-state index is 0.00718. The molecule has 4 atom stereocenters. The Kier molecular flexibility index (Phi) is 5.81. The molecule has 7 nitrogen and oxygen atoms in total. The number of aliphatic hydroxyl groups is 2. The smallest absolute Gasteiger partial charge is 0.225 e. The Morgan fingerprint density at radius 2 is 1.91 bits per heavy atom. The van der Waals surface area contributed by atoms with Gasteiger partial charge in [0.15, 0.2) is 0 Å². The van der Waals surface area contributed by atoms with E-state index in [0.717, 1.165) is 26.5 Å². The molecule has 32 heavy (non-hydrogen) atoms. The van der Waals surface area contributed by atoms with E-state index in [1.54, 1.807) is 22.7 Å². The third-order valence-corrected chi connectivity index (χ3v) is 7.82. The molecule has 0 aliphatic heterocycles. The van der Waals surface area contributed by atoms with E-state index >= 15 is 0 Å². The molecule has 1 aliphatic rings. The molecule has 3 aromatic heterocycles. The first-order valence-corrected chi connectivity index (χ1v) is 12.3. The summed E-state index contributed by atoms with van der Waals surface area (Å²) in [5.41, 5.74) is 2.56. The Hall–Kier alpha value is -2.59. The maximum Gasteiger partial charge on any atom is 0.225 e. The lowest BCUT2D eigenvalue weighted by Crippen LogP contribution is -2.35. The Morgan fingerprint density at radius 3 is 2.62 bits per heavy atom. The molecule has 0 amide bonds. The lowest BCUT2D eigenvalue weighted by atomic mass is 10.1. The average Bonchev–Trinajstić information content (AvgIpc) is 3.49. The van der Waals surface area contributed by atoms with Crippen LogP contribution in [0.25, 0.3) is 20.8 Å². The fourth-order valence-electron chi connectivity index (χ4n) is 4.14. The van der Waals surface area contributed by atoms with Gasteiger partial charge in [-0.15, -0.1) is 22.7 Å². The van der Waals surface area contributed by atoms with Crippen LogP contribution in [-0.4, -0.2) is 43.4 Å². The third-order valence-electron chi connectivity index (χ3n) is 5.89. The van der Waals surface area contributed by atoms with Crippen LogP contribution in [0.1, 0.15) is 23.9 Å². The van der Waals surface area contributed by atoms with E-state index in [2.05, 4.69) is 22.8 Å². The molecule has 0 unspecified atom stereocenters. The Bertz CT molecular complexity index is 1190. The number of para-hydroxylation sites is 1. The van der Waals surface area contributed by atoms with E-state index in [0.29, 0.717) is 24.7 Å². The van der Waals surface area contributed by atoms with Crippen molar-refractivity contribution in [3.8, 4) is 10.6 Å². The van der Waals surface area contributed by atoms with Crippen molar-refractivity contribution in [2.75, 3.05) is 10.6 Å². The highest BCUT2D eigenvalue weighted by molar-refractivity contribution is 7.21. The van der Waals surface area contributed by atoms with Gasteiger partial charge in [-0.1, -0.05) is 25.1 Å². The molecular formula is C23H25N5O2S2. The number of thiazole rings is 1. The minimum Gasteiger partial charge on any atom is -0.390 e. The van der Waals surface area contributed by atoms with Gasteiger partial charge >= 0.3 is 0 Å². The summed E-state index contributed by atoms with van der Waals surface area (Å²) < 4.78 is 1.10. The maximum atomic E-state index is 10.5. The number of hydrogen-bond donors (Lipinski definition) is 4. The molecule has 1 saturated carbocycles. The standard InChI is InChI=1S/C23H25N5O2S2/c1-12-10-16(20(30)19(12)29)26-21-18(22-27-15-7-3-4-8-17(15)32-22)13(2)25-23(28-21)24-11-14-6-5-9-31-14/h3-9,12,16,19-20,29-30H,10-11H2,1-2H3,(H2,24,25,26,28)/t12-,16+,19+,20-/m0/s1. The zero-order chi connectivity index (χ0) is 22.2. The highest BCUT2D eigenvalue weighted by Gasteiger charge is 2.39. The number of benzene rings is 1. The molecule has 0 radical (unpaired) electrons. The quantitative estimate of drug-likeness (QED) is 0.336. The van der Waals surface area contributed by atoms with E-state index in [4.69, 9.17) is 15.0 Å². The van der Waals surface area contributed by atoms with Crippen molar-refractivity contribution < 1.29 is 10.2 Å². The van der Waals surface area contributed by atoms with Crippen molar-refractivity contribution in [3.05, 3.63) is 52.3 Å². The van der Waals surface area contributed by atoms with Gasteiger partial charge in [-0.05, 0) is 42.8 Å². The molecule has 3 heterocycles. The second-order valence-electron chi connectivity index (χ2n) is 8.22. The Labute approximate surface area is 194 Å². The monoisotopic (exact) mass is 467 g/mol. The first-order chi connectivity index (χ1) is 15.5. The molecular weight excluding hydrogens is 442 g/mol. The van der Waals surface area contributed by atoms with Gasteiger partial charge in [-0.25, -0.2) is 9.97 Å². The van der Waals surface area contributed by atoms with Crippen LogP contribution < -0.4 is 10.6 Å². The predicted molar refractivity (Wildman–Crippen MR) is 130 cm³/mol. The first-order valence-electron chi connectivity index (χ1n) is 10.6. The van der Waals surface area contributed by atoms with Crippen molar-refractivity contribution in [2.45, 2.75) is 45.1 Å². The topological polar surface area (TPSA) is 103 Å². The van der Waals surface area contributed by atoms with Crippen LogP contribution in [0.5, 0.6) is 0 Å². The molecule has 1 aromatic carbocycles. The molecule has 5 rings (SSSR count). The van der Waals surface area contributed by atoms with Gasteiger partial charge in [0.2, 0.25) is 5.95 Å². The van der Waals surface area contributed by atoms with Crippen LogP contribution >= 0.6 is 22.7 Å². The summed E-state index contributed by atoms with van der Waals surface area (Å²) in [6, 6.07) is 11.8. The summed E-state index contributed by atoms with van der Waals surface area (Å²) in [7, 11) is 0. The molecule has 4 aromatic rings. The van der Waals surface area contributed by atoms with E-state index < -0.39 is 12.2 Å². The molecule has 1 fully saturated rings. The average molecular weight is 468 g/mol. The number of anilines is 2. The normalized spacial score (nSPS) is 23.0. The van der Waals surface area contributed by atoms with Gasteiger partial charge in [0.25, 0.3) is 0 Å². The number of rotatable bonds is 6. The van der Waals surface area contributed by atoms with Gasteiger partial charge in [-0.2, -0.15) is 4.98 Å². The number of aliphatic hydroxyl groups excluding tert-OH is 2. The fourth-order valence-corrected chi connectivity index (χ4v) is 5.85. The van der Waals surface area contributed by atoms with Crippen LogP contribution in [-0.2, 0) is 6.54 Å². The number of nitrogens with zero attached hydrogens (tertiary/aromatic N) is 3. The maximum absolute atomic E-state index is 10.5. The van der Waals surface area contributed by atoms with Crippen molar-refractivity contribution >= 4 is 44.7 Å². The fraction of sp³-hybridized carbons (Fsp3) is 0.348. The number of nitrogens with one attached hydrogen (secondary N) is 2. The van der Waals surface area contributed by atoms with Crippen LogP contribution in [0.15, 0.2) is 41.8 Å². The number of hydrogen-bond acceptors (Lipinski definition) is 9. The first kappa shape index (κ1) is 21.3. The lowest BCUT2D eigenvalue weighted by Gasteiger charge is -2.21. The van der Waals surface area contributed by atoms with Crippen molar-refractivity contribution in [1.82, 2.24) is 15.0 Å². The molecule has 0 saturated heterocycles. The van der Waals surface area contributed by atoms with Crippen molar-refractivity contribution in [3.63, 3.8) is 0 Å². The van der Waals surface area contributed by atoms with E-state index in [1.165, 1.54) is 4.88 Å². The van der Waals surface area contributed by atoms with Crippen molar-refractivity contribution in [1.29, 1.82) is 0 Å². The van der Waals surface area contributed by atoms with Crippen molar-refractivity contribution in [2.24, 2.45) is 5.92 Å². The number of aryl methyl sites for hydroxylation is 1. The summed E-state index contributed by atoms with van der Waals surface area (Å²) in [4.78, 5) is 15.5. The SMILES string of the molecule is Cc1nc(NCc2cccs2)nc(N[C@@H]2C[C@H](C)[C@@H](O)[C@H]2O)c1-c1nc2ccccc2s1. The van der Waals surface area contributed by atoms with Crippen LogP contribution in [0.4, 0.5) is 11.8 Å². The Morgan fingerprint density at radius 1 is 1.06 bits per heavy atom. The summed E-state index contributed by atoms with van der Waals surface area (Å²) in [6.45, 7) is 4.54. The summed E-state index contributed by atoms with van der Waals surface area (Å²) in [6.07, 6.45) is -0.952. The van der Waals surface area contributed by atoms with Gasteiger partial charge in [0.05, 0.1) is 40.2 Å².